The van der Waals surface area contributed by atoms with Crippen LogP contribution in [0.5, 0.6) is 0 Å². The number of carbonyl (C=O) groups excluding carboxylic acids is 1. The number of hydrogen-bond acceptors (Lipinski definition) is 2. The van der Waals surface area contributed by atoms with Gasteiger partial charge in [-0.2, -0.15) is 5.10 Å². The largest absolute Gasteiger partial charge is 0.325 e. The molecule has 5 nitrogen and oxygen atoms in total. The highest BCUT2D eigenvalue weighted by Gasteiger charge is 2.33. The molecule has 2 amide bonds. The van der Waals surface area contributed by atoms with Gasteiger partial charge in [0.25, 0.3) is 0 Å². The number of benzene rings is 1. The monoisotopic (exact) mass is 362 g/mol. The van der Waals surface area contributed by atoms with Crippen molar-refractivity contribution < 1.29 is 4.79 Å². The van der Waals surface area contributed by atoms with E-state index in [0.717, 1.165) is 21.5 Å². The Hall–Kier alpha value is -1.82. The summed E-state index contributed by atoms with van der Waals surface area (Å²) in [6.45, 7) is 4.50. The topological polar surface area (TPSA) is 41.4 Å². The first kappa shape index (κ1) is 15.1. The molecule has 0 bridgehead atoms. The Labute approximate surface area is 138 Å². The van der Waals surface area contributed by atoms with Gasteiger partial charge in [0.05, 0.1) is 34.1 Å². The second kappa shape index (κ2) is 5.43. The van der Waals surface area contributed by atoms with E-state index in [1.807, 2.05) is 48.8 Å². The van der Waals surface area contributed by atoms with E-state index in [-0.39, 0.29) is 12.1 Å². The zero-order chi connectivity index (χ0) is 16.0. The summed E-state index contributed by atoms with van der Waals surface area (Å²) < 4.78 is 2.79. The molecule has 116 valence electrons. The van der Waals surface area contributed by atoms with Crippen molar-refractivity contribution in [3.63, 3.8) is 0 Å². The summed E-state index contributed by atoms with van der Waals surface area (Å²) in [4.78, 5) is 16.3. The molecule has 22 heavy (non-hydrogen) atoms. The Balaban J connectivity index is 2.06. The molecule has 1 atom stereocenters. The van der Waals surface area contributed by atoms with Crippen LogP contribution in [0.4, 0.5) is 10.5 Å². The highest BCUT2D eigenvalue weighted by molar-refractivity contribution is 9.10. The molecule has 0 fully saturated rings. The number of aryl methyl sites for hydroxylation is 2. The third-order valence-corrected chi connectivity index (χ3v) is 5.39. The second-order valence-electron chi connectivity index (χ2n) is 5.68. The van der Waals surface area contributed by atoms with Crippen molar-refractivity contribution >= 4 is 27.6 Å². The lowest BCUT2D eigenvalue weighted by Crippen LogP contribution is -2.46. The van der Waals surface area contributed by atoms with E-state index in [1.54, 1.807) is 4.90 Å². The van der Waals surface area contributed by atoms with Crippen LogP contribution in [0.15, 0.2) is 28.7 Å². The van der Waals surface area contributed by atoms with E-state index in [9.17, 15) is 4.79 Å². The quantitative estimate of drug-likeness (QED) is 0.818. The van der Waals surface area contributed by atoms with Crippen LogP contribution in [0.25, 0.3) is 0 Å². The first-order valence-corrected chi connectivity index (χ1v) is 8.02. The number of hydrogen-bond donors (Lipinski definition) is 0. The van der Waals surface area contributed by atoms with Crippen molar-refractivity contribution in [1.29, 1.82) is 0 Å². The van der Waals surface area contributed by atoms with Crippen molar-refractivity contribution in [3.8, 4) is 0 Å². The van der Waals surface area contributed by atoms with E-state index >= 15 is 0 Å². The number of aromatic nitrogens is 2. The molecule has 0 aliphatic carbocycles. The maximum Gasteiger partial charge on any atom is 0.325 e. The van der Waals surface area contributed by atoms with Gasteiger partial charge in [-0.3, -0.25) is 9.58 Å². The number of para-hydroxylation sites is 1. The first-order chi connectivity index (χ1) is 10.4. The fraction of sp³-hybridized carbons (Fsp3) is 0.375. The minimum atomic E-state index is 0.0111. The molecule has 1 aliphatic heterocycles. The molecule has 0 N–H and O–H groups in total. The standard InChI is InChI=1S/C16H19BrN4O/c1-10-15(17)14(20(4)18-10)9-21-13-8-6-5-7-12(13)11(2)19(3)16(21)22/h5-8,11H,9H2,1-4H3/t11-/m0/s1. The van der Waals surface area contributed by atoms with Gasteiger partial charge in [-0.1, -0.05) is 18.2 Å². The van der Waals surface area contributed by atoms with Gasteiger partial charge >= 0.3 is 6.03 Å². The summed E-state index contributed by atoms with van der Waals surface area (Å²) in [5.74, 6) is 0. The van der Waals surface area contributed by atoms with E-state index in [2.05, 4.69) is 34.0 Å². The fourth-order valence-corrected chi connectivity index (χ4v) is 3.37. The van der Waals surface area contributed by atoms with E-state index in [0.29, 0.717) is 6.54 Å². The molecule has 2 aromatic rings. The summed E-state index contributed by atoms with van der Waals surface area (Å²) in [6.07, 6.45) is 0. The highest BCUT2D eigenvalue weighted by atomic mass is 79.9. The Bertz CT molecular complexity index is 740. The van der Waals surface area contributed by atoms with Crippen LogP contribution in [-0.2, 0) is 13.6 Å². The number of rotatable bonds is 2. The maximum absolute atomic E-state index is 12.7. The Morgan fingerprint density at radius 2 is 1.95 bits per heavy atom. The average molecular weight is 363 g/mol. The van der Waals surface area contributed by atoms with Crippen LogP contribution < -0.4 is 4.90 Å². The lowest BCUT2D eigenvalue weighted by molar-refractivity contribution is 0.196. The third kappa shape index (κ3) is 2.22. The van der Waals surface area contributed by atoms with Crippen molar-refractivity contribution in [2.45, 2.75) is 26.4 Å². The molecule has 1 aromatic heterocycles. The summed E-state index contributed by atoms with van der Waals surface area (Å²) >= 11 is 3.58. The van der Waals surface area contributed by atoms with Gasteiger partial charge in [0.1, 0.15) is 0 Å². The van der Waals surface area contributed by atoms with Crippen molar-refractivity contribution in [1.82, 2.24) is 14.7 Å². The van der Waals surface area contributed by atoms with E-state index < -0.39 is 0 Å². The van der Waals surface area contributed by atoms with Crippen LogP contribution in [0.3, 0.4) is 0 Å². The van der Waals surface area contributed by atoms with Gasteiger partial charge in [-0.05, 0) is 41.4 Å². The second-order valence-corrected chi connectivity index (χ2v) is 6.48. The predicted molar refractivity (Wildman–Crippen MR) is 89.8 cm³/mol. The van der Waals surface area contributed by atoms with Gasteiger partial charge < -0.3 is 4.90 Å². The summed E-state index contributed by atoms with van der Waals surface area (Å²) in [5, 5.41) is 4.41. The number of halogens is 1. The lowest BCUT2D eigenvalue weighted by atomic mass is 10.0. The Morgan fingerprint density at radius 1 is 1.27 bits per heavy atom. The van der Waals surface area contributed by atoms with Gasteiger partial charge in [-0.25, -0.2) is 4.79 Å². The van der Waals surface area contributed by atoms with Crippen LogP contribution in [0.1, 0.15) is 29.9 Å². The molecular weight excluding hydrogens is 344 g/mol. The highest BCUT2D eigenvalue weighted by Crippen LogP contribution is 2.36. The Morgan fingerprint density at radius 3 is 2.59 bits per heavy atom. The molecule has 0 saturated heterocycles. The van der Waals surface area contributed by atoms with Crippen LogP contribution >= 0.6 is 15.9 Å². The van der Waals surface area contributed by atoms with E-state index in [1.165, 1.54) is 5.56 Å². The van der Waals surface area contributed by atoms with Gasteiger partial charge in [0.15, 0.2) is 0 Å². The van der Waals surface area contributed by atoms with Crippen LogP contribution in [-0.4, -0.2) is 27.8 Å². The number of urea groups is 1. The molecule has 1 aromatic carbocycles. The Kier molecular flexibility index (Phi) is 3.72. The SMILES string of the molecule is Cc1nn(C)c(CN2C(=O)N(C)[C@@H](C)c3ccccc32)c1Br. The fourth-order valence-electron chi connectivity index (χ4n) is 2.91. The average Bonchev–Trinajstić information content (AvgIpc) is 2.75. The molecule has 0 saturated carbocycles. The van der Waals surface area contributed by atoms with Crippen molar-refractivity contribution in [2.24, 2.45) is 7.05 Å². The molecule has 0 radical (unpaired) electrons. The van der Waals surface area contributed by atoms with Gasteiger partial charge in [0.2, 0.25) is 0 Å². The third-order valence-electron chi connectivity index (χ3n) is 4.36. The van der Waals surface area contributed by atoms with Crippen molar-refractivity contribution in [2.75, 3.05) is 11.9 Å². The molecule has 2 heterocycles. The van der Waals surface area contributed by atoms with Gasteiger partial charge in [0, 0.05) is 14.1 Å². The number of fused-ring (bicyclic) bond motifs is 1. The molecular formula is C16H19BrN4O. The van der Waals surface area contributed by atoms with E-state index in [4.69, 9.17) is 0 Å². The zero-order valence-corrected chi connectivity index (χ0v) is 14.8. The van der Waals surface area contributed by atoms with Gasteiger partial charge in [-0.15, -0.1) is 0 Å². The number of nitrogens with zero attached hydrogens (tertiary/aromatic N) is 4. The van der Waals surface area contributed by atoms with Crippen molar-refractivity contribution in [3.05, 3.63) is 45.7 Å². The first-order valence-electron chi connectivity index (χ1n) is 7.23. The predicted octanol–water partition coefficient (Wildman–Crippen LogP) is 3.62. The smallest absolute Gasteiger partial charge is 0.321 e. The minimum Gasteiger partial charge on any atom is -0.321 e. The maximum atomic E-state index is 12.7. The van der Waals surface area contributed by atoms with Crippen LogP contribution in [0, 0.1) is 6.92 Å². The molecule has 1 aliphatic rings. The number of anilines is 1. The number of carbonyl (C=O) groups is 1. The number of amides is 2. The van der Waals surface area contributed by atoms with Crippen LogP contribution in [0.2, 0.25) is 0 Å². The summed E-state index contributed by atoms with van der Waals surface area (Å²) in [5.41, 5.74) is 4.06. The molecule has 3 rings (SSSR count). The lowest BCUT2D eigenvalue weighted by Gasteiger charge is -2.39. The normalized spacial score (nSPS) is 17.9. The summed E-state index contributed by atoms with van der Waals surface area (Å²) in [7, 11) is 3.75. The molecule has 0 unspecified atom stereocenters. The molecule has 6 heteroatoms. The minimum absolute atomic E-state index is 0.0111. The zero-order valence-electron chi connectivity index (χ0n) is 13.2. The molecule has 0 spiro atoms. The summed E-state index contributed by atoms with van der Waals surface area (Å²) in [6, 6.07) is 8.17.